The van der Waals surface area contributed by atoms with E-state index in [1.807, 2.05) is 6.07 Å². The molecule has 52 heavy (non-hydrogen) atoms. The van der Waals surface area contributed by atoms with E-state index >= 15 is 0 Å². The van der Waals surface area contributed by atoms with Crippen molar-refractivity contribution in [3.8, 4) is 56.0 Å². The first-order valence-corrected chi connectivity index (χ1v) is 17.9. The maximum absolute atomic E-state index is 6.71. The van der Waals surface area contributed by atoms with Crippen LogP contribution in [-0.4, -0.2) is 4.98 Å². The van der Waals surface area contributed by atoms with E-state index in [0.29, 0.717) is 5.89 Å². The lowest BCUT2D eigenvalue weighted by Crippen LogP contribution is -1.94. The van der Waals surface area contributed by atoms with E-state index in [0.717, 1.165) is 33.2 Å². The van der Waals surface area contributed by atoms with Crippen molar-refractivity contribution >= 4 is 43.4 Å². The summed E-state index contributed by atoms with van der Waals surface area (Å²) in [4.78, 5) is 5.13. The summed E-state index contributed by atoms with van der Waals surface area (Å²) in [7, 11) is 0. The largest absolute Gasteiger partial charge is 0.436 e. The van der Waals surface area contributed by atoms with Crippen molar-refractivity contribution in [1.29, 1.82) is 0 Å². The van der Waals surface area contributed by atoms with Crippen LogP contribution in [0.25, 0.3) is 99.4 Å². The fourth-order valence-electron chi connectivity index (χ4n) is 7.94. The fourth-order valence-corrected chi connectivity index (χ4v) is 7.94. The molecule has 10 aromatic rings. The Labute approximate surface area is 303 Å². The van der Waals surface area contributed by atoms with Crippen LogP contribution in [0, 0.1) is 20.8 Å². The number of oxazole rings is 1. The van der Waals surface area contributed by atoms with Crippen LogP contribution in [0.1, 0.15) is 16.7 Å². The zero-order valence-corrected chi connectivity index (χ0v) is 29.4. The van der Waals surface area contributed by atoms with Crippen molar-refractivity contribution in [2.45, 2.75) is 20.8 Å². The molecule has 2 heteroatoms. The molecule has 0 amide bonds. The van der Waals surface area contributed by atoms with Crippen LogP contribution in [0.5, 0.6) is 0 Å². The van der Waals surface area contributed by atoms with Gasteiger partial charge in [-0.05, 0) is 122 Å². The number of hydrogen-bond acceptors (Lipinski definition) is 2. The molecule has 0 fully saturated rings. The van der Waals surface area contributed by atoms with Crippen LogP contribution in [0.3, 0.4) is 0 Å². The van der Waals surface area contributed by atoms with Crippen molar-refractivity contribution in [2.24, 2.45) is 0 Å². The number of rotatable bonds is 5. The van der Waals surface area contributed by atoms with Crippen molar-refractivity contribution < 1.29 is 4.42 Å². The smallest absolute Gasteiger partial charge is 0.227 e. The first-order valence-electron chi connectivity index (χ1n) is 17.9. The molecule has 0 radical (unpaired) electrons. The number of hydrogen-bond donors (Lipinski definition) is 0. The zero-order chi connectivity index (χ0) is 34.9. The molecule has 0 N–H and O–H groups in total. The van der Waals surface area contributed by atoms with Gasteiger partial charge in [0.1, 0.15) is 5.52 Å². The molecule has 2 nitrogen and oxygen atoms in total. The Balaban J connectivity index is 1.31. The molecule has 10 rings (SSSR count). The third kappa shape index (κ3) is 4.91. The number of benzene rings is 9. The Kier molecular flexibility index (Phi) is 6.87. The van der Waals surface area contributed by atoms with Crippen molar-refractivity contribution in [3.05, 3.63) is 174 Å². The monoisotopic (exact) mass is 665 g/mol. The lowest BCUT2D eigenvalue weighted by atomic mass is 9.82. The van der Waals surface area contributed by atoms with E-state index in [9.17, 15) is 0 Å². The highest BCUT2D eigenvalue weighted by Crippen LogP contribution is 2.48. The van der Waals surface area contributed by atoms with Gasteiger partial charge in [0.15, 0.2) is 5.58 Å². The fraction of sp³-hybridized carbons (Fsp3) is 0.0600. The predicted molar refractivity (Wildman–Crippen MR) is 219 cm³/mol. The molecule has 0 aliphatic carbocycles. The quantitative estimate of drug-likeness (QED) is 0.171. The second kappa shape index (κ2) is 11.8. The first-order chi connectivity index (χ1) is 25.5. The van der Waals surface area contributed by atoms with Gasteiger partial charge in [0.2, 0.25) is 5.89 Å². The van der Waals surface area contributed by atoms with Gasteiger partial charge < -0.3 is 4.42 Å². The van der Waals surface area contributed by atoms with Gasteiger partial charge in [-0.2, -0.15) is 0 Å². The summed E-state index contributed by atoms with van der Waals surface area (Å²) in [6.45, 7) is 6.43. The van der Waals surface area contributed by atoms with Gasteiger partial charge in [-0.25, -0.2) is 4.98 Å². The zero-order valence-electron chi connectivity index (χ0n) is 29.4. The van der Waals surface area contributed by atoms with Crippen LogP contribution in [-0.2, 0) is 0 Å². The maximum Gasteiger partial charge on any atom is 0.227 e. The molecule has 0 spiro atoms. The van der Waals surface area contributed by atoms with Crippen molar-refractivity contribution in [1.82, 2.24) is 4.98 Å². The van der Waals surface area contributed by atoms with E-state index in [4.69, 9.17) is 9.40 Å². The first kappa shape index (κ1) is 30.3. The molecule has 0 saturated carbocycles. The van der Waals surface area contributed by atoms with Gasteiger partial charge in [0.25, 0.3) is 0 Å². The number of aryl methyl sites for hydroxylation is 3. The summed E-state index contributed by atoms with van der Waals surface area (Å²) in [5.74, 6) is 0.629. The molecule has 0 aliphatic heterocycles. The summed E-state index contributed by atoms with van der Waals surface area (Å²) in [6, 6.07) is 57.4. The second-order valence-electron chi connectivity index (χ2n) is 14.2. The normalized spacial score (nSPS) is 11.8. The molecule has 0 saturated heterocycles. The molecule has 9 aromatic carbocycles. The highest BCUT2D eigenvalue weighted by molar-refractivity contribution is 6.31. The molecule has 246 valence electrons. The molecular formula is C50H35NO. The molecule has 0 aliphatic rings. The number of aromatic nitrogens is 1. The minimum absolute atomic E-state index is 0.629. The lowest BCUT2D eigenvalue weighted by Gasteiger charge is -2.21. The van der Waals surface area contributed by atoms with Crippen molar-refractivity contribution in [3.63, 3.8) is 0 Å². The van der Waals surface area contributed by atoms with Crippen molar-refractivity contribution in [2.75, 3.05) is 0 Å². The summed E-state index contributed by atoms with van der Waals surface area (Å²) in [6.07, 6.45) is 0. The second-order valence-corrected chi connectivity index (χ2v) is 14.2. The third-order valence-corrected chi connectivity index (χ3v) is 10.7. The number of nitrogens with zero attached hydrogens (tertiary/aromatic N) is 1. The molecule has 0 bridgehead atoms. The van der Waals surface area contributed by atoms with Crippen LogP contribution >= 0.6 is 0 Å². The van der Waals surface area contributed by atoms with Gasteiger partial charge >= 0.3 is 0 Å². The molecule has 1 aromatic heterocycles. The van der Waals surface area contributed by atoms with E-state index in [-0.39, 0.29) is 0 Å². The van der Waals surface area contributed by atoms with E-state index < -0.39 is 0 Å². The third-order valence-electron chi connectivity index (χ3n) is 10.7. The summed E-state index contributed by atoms with van der Waals surface area (Å²) < 4.78 is 6.71. The summed E-state index contributed by atoms with van der Waals surface area (Å²) in [5, 5.41) is 7.34. The minimum atomic E-state index is 0.629. The van der Waals surface area contributed by atoms with Crippen LogP contribution in [0.2, 0.25) is 0 Å². The Hall–Kier alpha value is -6.51. The summed E-state index contributed by atoms with van der Waals surface area (Å²) >= 11 is 0. The van der Waals surface area contributed by atoms with Gasteiger partial charge in [-0.3, -0.25) is 0 Å². The average Bonchev–Trinajstić information content (AvgIpc) is 3.61. The van der Waals surface area contributed by atoms with Gasteiger partial charge in [-0.15, -0.1) is 0 Å². The topological polar surface area (TPSA) is 26.0 Å². The number of fused-ring (bicyclic) bond motifs is 1. The molecule has 1 heterocycles. The standard InChI is InChI=1S/C50H35NO/c1-30-9-15-34(16-10-30)42-28-43(35-17-11-31(2)12-18-35)39-24-25-41-45(50-51-46-26-21-37(27-47(46)52-50)33-7-5-4-6-8-33)29-44(36-19-13-32(3)14-20-36)40-23-22-38(42)48(39)49(40)41/h4-29H,1-3H3. The summed E-state index contributed by atoms with van der Waals surface area (Å²) in [5.41, 5.74) is 15.9. The van der Waals surface area contributed by atoms with E-state index in [2.05, 4.69) is 172 Å². The minimum Gasteiger partial charge on any atom is -0.436 e. The van der Waals surface area contributed by atoms with E-state index in [1.54, 1.807) is 0 Å². The Morgan fingerprint density at radius 3 is 1.27 bits per heavy atom. The van der Waals surface area contributed by atoms with Gasteiger partial charge in [0.05, 0.1) is 0 Å². The molecule has 0 atom stereocenters. The predicted octanol–water partition coefficient (Wildman–Crippen LogP) is 14.0. The average molecular weight is 666 g/mol. The van der Waals surface area contributed by atoms with Crippen LogP contribution < -0.4 is 0 Å². The van der Waals surface area contributed by atoms with Crippen LogP contribution in [0.4, 0.5) is 0 Å². The molecule has 0 unspecified atom stereocenters. The SMILES string of the molecule is Cc1ccc(-c2cc(-c3ccc(C)cc3)c3ccc4c(-c5nc6ccc(-c7ccccc7)cc6o5)cc(-c5ccc(C)cc5)c5ccc2c3c54)cc1. The van der Waals surface area contributed by atoms with Crippen LogP contribution in [0.15, 0.2) is 162 Å². The lowest BCUT2D eigenvalue weighted by molar-refractivity contribution is 0.621. The Bertz CT molecular complexity index is 2870. The maximum atomic E-state index is 6.71. The molecular weight excluding hydrogens is 631 g/mol. The van der Waals surface area contributed by atoms with Gasteiger partial charge in [0, 0.05) is 5.56 Å². The Morgan fingerprint density at radius 1 is 0.365 bits per heavy atom. The Morgan fingerprint density at radius 2 is 0.788 bits per heavy atom. The van der Waals surface area contributed by atoms with E-state index in [1.165, 1.54) is 77.0 Å². The van der Waals surface area contributed by atoms with Gasteiger partial charge in [-0.1, -0.05) is 150 Å². The highest BCUT2D eigenvalue weighted by atomic mass is 16.3. The highest BCUT2D eigenvalue weighted by Gasteiger charge is 2.23.